The first-order chi connectivity index (χ1) is 9.75. The standard InChI is InChI=1S/C14H15N3O3/c15-10-3-4-11(9-2-1-5-16-13(9)10)17-14(18)12-8-19-6-7-20-12/h1-5,12H,6-8,15H2,(H,17,18). The monoisotopic (exact) mass is 273 g/mol. The van der Waals surface area contributed by atoms with Crippen molar-refractivity contribution in [3.8, 4) is 0 Å². The second kappa shape index (κ2) is 5.44. The molecule has 1 unspecified atom stereocenters. The Bertz CT molecular complexity index is 639. The summed E-state index contributed by atoms with van der Waals surface area (Å²) in [5, 5.41) is 3.65. The van der Waals surface area contributed by atoms with E-state index in [0.717, 1.165) is 5.39 Å². The van der Waals surface area contributed by atoms with Gasteiger partial charge in [-0.25, -0.2) is 0 Å². The quantitative estimate of drug-likeness (QED) is 0.802. The Morgan fingerprint density at radius 1 is 1.35 bits per heavy atom. The molecule has 1 aromatic heterocycles. The molecular weight excluding hydrogens is 258 g/mol. The summed E-state index contributed by atoms with van der Waals surface area (Å²) < 4.78 is 10.6. The number of carbonyl (C=O) groups excluding carboxylic acids is 1. The highest BCUT2D eigenvalue weighted by Crippen LogP contribution is 2.26. The van der Waals surface area contributed by atoms with Gasteiger partial charge in [0.15, 0.2) is 6.10 Å². The second-order valence-electron chi connectivity index (χ2n) is 4.53. The van der Waals surface area contributed by atoms with Crippen LogP contribution in [0.5, 0.6) is 0 Å². The van der Waals surface area contributed by atoms with E-state index in [0.29, 0.717) is 30.1 Å². The predicted molar refractivity (Wildman–Crippen MR) is 75.3 cm³/mol. The number of ether oxygens (including phenoxy) is 2. The van der Waals surface area contributed by atoms with Crippen molar-refractivity contribution in [1.29, 1.82) is 0 Å². The maximum Gasteiger partial charge on any atom is 0.255 e. The fourth-order valence-corrected chi connectivity index (χ4v) is 2.16. The normalized spacial score (nSPS) is 18.9. The molecule has 2 heterocycles. The van der Waals surface area contributed by atoms with Gasteiger partial charge in [0.25, 0.3) is 5.91 Å². The molecule has 2 aromatic rings. The van der Waals surface area contributed by atoms with Crippen molar-refractivity contribution in [1.82, 2.24) is 4.98 Å². The molecule has 3 rings (SSSR count). The molecule has 1 aliphatic rings. The lowest BCUT2D eigenvalue weighted by Gasteiger charge is -2.22. The van der Waals surface area contributed by atoms with Crippen molar-refractivity contribution in [3.63, 3.8) is 0 Å². The van der Waals surface area contributed by atoms with E-state index in [-0.39, 0.29) is 12.5 Å². The number of nitrogen functional groups attached to an aromatic ring is 1. The number of aromatic nitrogens is 1. The highest BCUT2D eigenvalue weighted by Gasteiger charge is 2.23. The Kier molecular flexibility index (Phi) is 3.49. The third-order valence-corrected chi connectivity index (χ3v) is 3.17. The highest BCUT2D eigenvalue weighted by molar-refractivity contribution is 6.05. The van der Waals surface area contributed by atoms with Crippen LogP contribution in [0.3, 0.4) is 0 Å². The van der Waals surface area contributed by atoms with Crippen LogP contribution in [-0.2, 0) is 14.3 Å². The van der Waals surface area contributed by atoms with Gasteiger partial charge >= 0.3 is 0 Å². The highest BCUT2D eigenvalue weighted by atomic mass is 16.6. The summed E-state index contributed by atoms with van der Waals surface area (Å²) in [5.74, 6) is -0.223. The van der Waals surface area contributed by atoms with E-state index < -0.39 is 6.10 Å². The average Bonchev–Trinajstić information content (AvgIpc) is 2.51. The van der Waals surface area contributed by atoms with Crippen LogP contribution in [0.2, 0.25) is 0 Å². The number of nitrogens with zero attached hydrogens (tertiary/aromatic N) is 1. The van der Waals surface area contributed by atoms with E-state index in [1.807, 2.05) is 6.07 Å². The molecule has 0 bridgehead atoms. The number of benzene rings is 1. The lowest BCUT2D eigenvalue weighted by Crippen LogP contribution is -2.39. The summed E-state index contributed by atoms with van der Waals surface area (Å²) in [5.41, 5.74) is 7.80. The Morgan fingerprint density at radius 3 is 3.05 bits per heavy atom. The summed E-state index contributed by atoms with van der Waals surface area (Å²) in [6.45, 7) is 1.23. The summed E-state index contributed by atoms with van der Waals surface area (Å²) in [6, 6.07) is 7.16. The van der Waals surface area contributed by atoms with Crippen molar-refractivity contribution in [3.05, 3.63) is 30.5 Å². The summed E-state index contributed by atoms with van der Waals surface area (Å²) >= 11 is 0. The Balaban J connectivity index is 1.87. The van der Waals surface area contributed by atoms with Gasteiger partial charge in [-0.15, -0.1) is 0 Å². The zero-order valence-electron chi connectivity index (χ0n) is 10.8. The summed E-state index contributed by atoms with van der Waals surface area (Å²) in [4.78, 5) is 16.4. The van der Waals surface area contributed by atoms with Crippen LogP contribution in [-0.4, -0.2) is 36.8 Å². The molecule has 1 fully saturated rings. The first-order valence-corrected chi connectivity index (χ1v) is 6.39. The Hall–Kier alpha value is -2.18. The van der Waals surface area contributed by atoms with Gasteiger partial charge in [0.2, 0.25) is 0 Å². The lowest BCUT2D eigenvalue weighted by atomic mass is 10.1. The van der Waals surface area contributed by atoms with Crippen LogP contribution in [0.25, 0.3) is 10.9 Å². The van der Waals surface area contributed by atoms with Crippen molar-refractivity contribution in [2.45, 2.75) is 6.10 Å². The minimum Gasteiger partial charge on any atom is -0.397 e. The molecule has 1 saturated heterocycles. The maximum atomic E-state index is 12.1. The van der Waals surface area contributed by atoms with Crippen molar-refractivity contribution >= 4 is 28.2 Å². The summed E-state index contributed by atoms with van der Waals surface area (Å²) in [6.07, 6.45) is 1.09. The van der Waals surface area contributed by atoms with E-state index in [4.69, 9.17) is 15.2 Å². The molecule has 0 radical (unpaired) electrons. The van der Waals surface area contributed by atoms with E-state index in [1.165, 1.54) is 0 Å². The average molecular weight is 273 g/mol. The van der Waals surface area contributed by atoms with Crippen LogP contribution in [0.1, 0.15) is 0 Å². The van der Waals surface area contributed by atoms with Gasteiger partial charge in [0.05, 0.1) is 36.7 Å². The number of nitrogens with two attached hydrogens (primary N) is 1. The lowest BCUT2D eigenvalue weighted by molar-refractivity contribution is -0.142. The number of fused-ring (bicyclic) bond motifs is 1. The van der Waals surface area contributed by atoms with Gasteiger partial charge in [-0.05, 0) is 24.3 Å². The largest absolute Gasteiger partial charge is 0.397 e. The predicted octanol–water partition coefficient (Wildman–Crippen LogP) is 1.17. The van der Waals surface area contributed by atoms with E-state index in [9.17, 15) is 4.79 Å². The molecule has 0 saturated carbocycles. The minimum absolute atomic E-state index is 0.223. The fourth-order valence-electron chi connectivity index (χ4n) is 2.16. The third-order valence-electron chi connectivity index (χ3n) is 3.17. The molecule has 3 N–H and O–H groups in total. The van der Waals surface area contributed by atoms with Crippen LogP contribution in [0, 0.1) is 0 Å². The molecule has 1 aliphatic heterocycles. The smallest absolute Gasteiger partial charge is 0.255 e. The van der Waals surface area contributed by atoms with Crippen LogP contribution in [0.15, 0.2) is 30.5 Å². The third kappa shape index (κ3) is 2.43. The van der Waals surface area contributed by atoms with E-state index in [2.05, 4.69) is 10.3 Å². The molecule has 1 aromatic carbocycles. The van der Waals surface area contributed by atoms with Crippen LogP contribution < -0.4 is 11.1 Å². The number of hydrogen-bond donors (Lipinski definition) is 2. The number of anilines is 2. The summed E-state index contributed by atoms with van der Waals surface area (Å²) in [7, 11) is 0. The molecule has 1 atom stereocenters. The number of rotatable bonds is 2. The molecule has 6 nitrogen and oxygen atoms in total. The Labute approximate surface area is 115 Å². The van der Waals surface area contributed by atoms with Gasteiger partial charge in [-0.1, -0.05) is 0 Å². The topological polar surface area (TPSA) is 86.5 Å². The molecule has 0 aliphatic carbocycles. The van der Waals surface area contributed by atoms with Crippen molar-refractivity contribution in [2.75, 3.05) is 30.9 Å². The van der Waals surface area contributed by atoms with Crippen LogP contribution >= 0.6 is 0 Å². The first kappa shape index (κ1) is 12.8. The van der Waals surface area contributed by atoms with Crippen LogP contribution in [0.4, 0.5) is 11.4 Å². The van der Waals surface area contributed by atoms with Gasteiger partial charge in [0, 0.05) is 11.6 Å². The number of pyridine rings is 1. The molecule has 1 amide bonds. The Morgan fingerprint density at radius 2 is 2.25 bits per heavy atom. The van der Waals surface area contributed by atoms with Crippen molar-refractivity contribution < 1.29 is 14.3 Å². The first-order valence-electron chi connectivity index (χ1n) is 6.39. The molecule has 20 heavy (non-hydrogen) atoms. The number of amides is 1. The number of hydrogen-bond acceptors (Lipinski definition) is 5. The number of carbonyl (C=O) groups is 1. The zero-order valence-corrected chi connectivity index (χ0v) is 10.8. The maximum absolute atomic E-state index is 12.1. The molecular formula is C14H15N3O3. The van der Waals surface area contributed by atoms with Gasteiger partial charge < -0.3 is 20.5 Å². The second-order valence-corrected chi connectivity index (χ2v) is 4.53. The number of nitrogens with one attached hydrogen (secondary N) is 1. The molecule has 6 heteroatoms. The molecule has 0 spiro atoms. The zero-order chi connectivity index (χ0) is 13.9. The fraction of sp³-hybridized carbons (Fsp3) is 0.286. The van der Waals surface area contributed by atoms with E-state index in [1.54, 1.807) is 24.4 Å². The van der Waals surface area contributed by atoms with Gasteiger partial charge in [-0.2, -0.15) is 0 Å². The molecule has 104 valence electrons. The SMILES string of the molecule is Nc1ccc(NC(=O)C2COCCO2)c2cccnc12. The van der Waals surface area contributed by atoms with Gasteiger partial charge in [0.1, 0.15) is 0 Å². The van der Waals surface area contributed by atoms with Gasteiger partial charge in [-0.3, -0.25) is 9.78 Å². The van der Waals surface area contributed by atoms with E-state index >= 15 is 0 Å². The van der Waals surface area contributed by atoms with Crippen molar-refractivity contribution in [2.24, 2.45) is 0 Å². The minimum atomic E-state index is -0.576.